The first kappa shape index (κ1) is 109. The second kappa shape index (κ2) is 57.2. The molecule has 0 radical (unpaired) electrons. The standard InChI is InChI=1S/C21H32F2N2O2.C21H32N2O5.C20H31ClN2O2.C20H32N2O2.C19H29ClN2O2/c1-14(2)27-19(18(24)12-15-8-5-4-6-9-15)20(26)25-17-11-7-10-16(13-17)21(3,22)23;1-14(2)28-20(15(3)12-16-8-6-5-7-9-16)21(24)22-18-13-17(23(25)26)10-11-19(18)27-4;1-13(2)25-19(18(22)11-15-7-5-4-6-8-15)20(24)23-16-10-9-14(3)17(21)12-16;1-14(2)24-19(18(21)13-16-9-5-4-6-10-16)20(23)22-17-11-7-8-15(3)12-17;1-13(2)24-18(16(21)12-14-8-4-3-5-9-14)19(23)22-17-11-7-6-10-15(17)20/h7,10-11,13-15,18-19H,4-6,8-9,12,24H2,1-3H3,(H,25,26);10-11,13-16,20H,5-9,12H2,1-4H3,(H,22,24);9-10,12-13,15,18-19H,4-8,11,22H2,1-3H3,(H,23,24);7-8,11-12,14,16,18-19H,4-6,9-10,13,21H2,1-3H3,(H,22,23);6-7,10-11,13-14,16,18H,3-5,8-9,12,21H2,1-2H3,(H,22,23)/t18-,19?;15-,20?;2*18-,19?;16-,18?/m11111/s1. The number of alkyl halides is 2. The first-order valence-electron chi connectivity index (χ1n) is 47.5. The van der Waals surface area contributed by atoms with E-state index < -0.39 is 47.4 Å². The second-order valence-corrected chi connectivity index (χ2v) is 38.5. The van der Waals surface area contributed by atoms with Gasteiger partial charge in [0.05, 0.1) is 59.0 Å². The fraction of sp³-hybridized carbons (Fsp3) is 0.653. The summed E-state index contributed by atoms with van der Waals surface area (Å²) in [6.07, 6.45) is 31.4. The Hall–Kier alpha value is -7.27. The van der Waals surface area contributed by atoms with Crippen LogP contribution in [0.5, 0.6) is 5.75 Å². The fourth-order valence-electron chi connectivity index (χ4n) is 17.9. The predicted molar refractivity (Wildman–Crippen MR) is 515 cm³/mol. The number of hydrogen-bond acceptors (Lipinski definition) is 17. The van der Waals surface area contributed by atoms with Gasteiger partial charge < -0.3 is 77.9 Å². The van der Waals surface area contributed by atoms with Crippen molar-refractivity contribution in [2.45, 2.75) is 381 Å². The zero-order valence-electron chi connectivity index (χ0n) is 79.2. The van der Waals surface area contributed by atoms with Gasteiger partial charge in [-0.3, -0.25) is 34.1 Å². The molecule has 0 aromatic heterocycles. The van der Waals surface area contributed by atoms with Crippen LogP contribution in [-0.2, 0) is 53.6 Å². The quantitative estimate of drug-likeness (QED) is 0.0131. The molecule has 5 saturated carbocycles. The lowest BCUT2D eigenvalue weighted by Gasteiger charge is -2.30. The number of carbonyl (C=O) groups is 5. The van der Waals surface area contributed by atoms with E-state index in [9.17, 15) is 42.9 Å². The van der Waals surface area contributed by atoms with Gasteiger partial charge in [0.2, 0.25) is 0 Å². The number of nitrogens with one attached hydrogen (secondary N) is 5. The Morgan fingerprint density at radius 3 is 1.09 bits per heavy atom. The van der Waals surface area contributed by atoms with Gasteiger partial charge >= 0.3 is 0 Å². The summed E-state index contributed by atoms with van der Waals surface area (Å²) in [4.78, 5) is 74.6. The highest BCUT2D eigenvalue weighted by molar-refractivity contribution is 6.33. The molecule has 5 aliphatic carbocycles. The van der Waals surface area contributed by atoms with E-state index in [4.69, 9.17) is 74.6 Å². The molecule has 0 saturated heterocycles. The van der Waals surface area contributed by atoms with Crippen LogP contribution in [0.4, 0.5) is 42.9 Å². The van der Waals surface area contributed by atoms with E-state index in [0.717, 1.165) is 68.7 Å². The number of nitro benzene ring substituents is 1. The Labute approximate surface area is 773 Å². The number of benzene rings is 5. The molecule has 10 atom stereocenters. The summed E-state index contributed by atoms with van der Waals surface area (Å²) in [5, 5.41) is 26.4. The molecule has 5 aromatic rings. The van der Waals surface area contributed by atoms with Crippen molar-refractivity contribution >= 4 is 86.9 Å². The molecule has 5 unspecified atom stereocenters. The number of nitrogens with zero attached hydrogens (tertiary/aromatic N) is 1. The molecule has 5 aromatic carbocycles. The normalized spacial score (nSPS) is 18.1. The molecule has 716 valence electrons. The lowest BCUT2D eigenvalue weighted by molar-refractivity contribution is -0.384. The van der Waals surface area contributed by atoms with Gasteiger partial charge in [0.15, 0.2) is 24.4 Å². The Morgan fingerprint density at radius 2 is 0.742 bits per heavy atom. The minimum atomic E-state index is -2.97. The van der Waals surface area contributed by atoms with Crippen LogP contribution in [0.15, 0.2) is 109 Å². The summed E-state index contributed by atoms with van der Waals surface area (Å²) in [5.74, 6) is -0.815. The first-order chi connectivity index (χ1) is 60.8. The van der Waals surface area contributed by atoms with E-state index >= 15 is 0 Å². The number of methoxy groups -OCH3 is 1. The smallest absolute Gasteiger partial charge is 0.271 e. The largest absolute Gasteiger partial charge is 0.495 e. The van der Waals surface area contributed by atoms with Crippen molar-refractivity contribution in [1.82, 2.24) is 0 Å². The Morgan fingerprint density at radius 1 is 0.406 bits per heavy atom. The van der Waals surface area contributed by atoms with E-state index in [0.29, 0.717) is 62.4 Å². The van der Waals surface area contributed by atoms with Crippen molar-refractivity contribution in [3.8, 4) is 5.75 Å². The maximum absolute atomic E-state index is 13.5. The average molecular weight is 1830 g/mol. The zero-order valence-corrected chi connectivity index (χ0v) is 80.7. The molecule has 27 heteroatoms. The molecule has 0 heterocycles. The number of halogens is 4. The molecule has 0 spiro atoms. The Kier molecular flexibility index (Phi) is 49.0. The van der Waals surface area contributed by atoms with Crippen molar-refractivity contribution in [2.24, 2.45) is 58.4 Å². The number of carbonyl (C=O) groups excluding carboxylic acids is 5. The predicted octanol–water partition coefficient (Wildman–Crippen LogP) is 22.8. The van der Waals surface area contributed by atoms with Gasteiger partial charge in [0, 0.05) is 70.9 Å². The highest BCUT2D eigenvalue weighted by Gasteiger charge is 2.37. The van der Waals surface area contributed by atoms with Crippen LogP contribution >= 0.6 is 23.2 Å². The highest BCUT2D eigenvalue weighted by atomic mass is 35.5. The number of nitrogens with two attached hydrogens (primary N) is 4. The molecule has 13 N–H and O–H groups in total. The third-order valence-corrected chi connectivity index (χ3v) is 25.1. The number of para-hydroxylation sites is 1. The molecule has 0 bridgehead atoms. The molecular formula is C101H156Cl2F2N10O13. The van der Waals surface area contributed by atoms with Crippen LogP contribution in [0.25, 0.3) is 0 Å². The molecule has 5 aliphatic rings. The molecule has 128 heavy (non-hydrogen) atoms. The zero-order chi connectivity index (χ0) is 94.2. The van der Waals surface area contributed by atoms with Crippen molar-refractivity contribution in [1.29, 1.82) is 0 Å². The molecule has 23 nitrogen and oxygen atoms in total. The summed E-state index contributed by atoms with van der Waals surface area (Å²) in [5.41, 5.74) is 30.0. The SMILES string of the molecule is CC(C)OC(C(=O)Nc1cccc(C(C)(F)F)c1)[C@H](N)CC1CCCCC1.CC(C)OC(C(=O)Nc1ccccc1Cl)[C@H](N)CC1CCCCC1.COc1ccc([N+](=O)[O-])cc1NC(=O)C(OC(C)C)[C@H](C)CC1CCCCC1.Cc1ccc(NC(=O)C(OC(C)C)[C@H](N)CC2CCCCC2)cc1Cl.Cc1cccc(NC(=O)C(OC(C)C)[C@H](N)CC2CCCCC2)c1. The van der Waals surface area contributed by atoms with E-state index in [1.165, 1.54) is 191 Å². The van der Waals surface area contributed by atoms with E-state index in [1.54, 1.807) is 24.3 Å². The third-order valence-electron chi connectivity index (χ3n) is 24.4. The summed E-state index contributed by atoms with van der Waals surface area (Å²) in [6, 6.07) is 29.0. The van der Waals surface area contributed by atoms with Crippen LogP contribution in [0.2, 0.25) is 10.0 Å². The highest BCUT2D eigenvalue weighted by Crippen LogP contribution is 2.38. The number of aryl methyl sites for hydroxylation is 2. The van der Waals surface area contributed by atoms with Crippen molar-refractivity contribution < 1.29 is 66.1 Å². The van der Waals surface area contributed by atoms with Crippen LogP contribution in [0.3, 0.4) is 0 Å². The van der Waals surface area contributed by atoms with Gasteiger partial charge in [-0.1, -0.05) is 233 Å². The fourth-order valence-corrected chi connectivity index (χ4v) is 18.3. The monoisotopic (exact) mass is 1830 g/mol. The molecule has 10 rings (SSSR count). The van der Waals surface area contributed by atoms with Gasteiger partial charge in [-0.05, 0) is 216 Å². The number of hydrogen-bond donors (Lipinski definition) is 9. The van der Waals surface area contributed by atoms with Crippen LogP contribution in [0, 0.1) is 59.5 Å². The van der Waals surface area contributed by atoms with Gasteiger partial charge in [-0.2, -0.15) is 0 Å². The Balaban J connectivity index is 0.000000247. The van der Waals surface area contributed by atoms with Gasteiger partial charge in [0.25, 0.3) is 41.1 Å². The Bertz CT molecular complexity index is 4110. The van der Waals surface area contributed by atoms with Crippen LogP contribution in [-0.4, -0.2) is 127 Å². The lowest BCUT2D eigenvalue weighted by atomic mass is 9.81. The van der Waals surface area contributed by atoms with Crippen molar-refractivity contribution in [3.63, 3.8) is 0 Å². The average Bonchev–Trinajstić information content (AvgIpc) is 0.822. The van der Waals surface area contributed by atoms with Crippen molar-refractivity contribution in [2.75, 3.05) is 33.7 Å². The number of non-ortho nitro benzene ring substituents is 1. The number of ether oxygens (including phenoxy) is 6. The maximum Gasteiger partial charge on any atom is 0.271 e. The van der Waals surface area contributed by atoms with Gasteiger partial charge in [-0.25, -0.2) is 8.78 Å². The molecule has 0 aliphatic heterocycles. The maximum atomic E-state index is 13.5. The molecular weight excluding hydrogens is 1670 g/mol. The minimum absolute atomic E-state index is 0.0318. The lowest BCUT2D eigenvalue weighted by Crippen LogP contribution is -2.47. The summed E-state index contributed by atoms with van der Waals surface area (Å²) < 4.78 is 61.7. The van der Waals surface area contributed by atoms with Crippen LogP contribution in [0.1, 0.15) is 292 Å². The minimum Gasteiger partial charge on any atom is -0.495 e. The first-order valence-corrected chi connectivity index (χ1v) is 48.2. The topological polar surface area (TPSA) is 348 Å². The van der Waals surface area contributed by atoms with E-state index in [2.05, 4.69) is 26.6 Å². The molecule has 5 fully saturated rings. The van der Waals surface area contributed by atoms with Crippen LogP contribution < -0.4 is 54.3 Å². The van der Waals surface area contributed by atoms with E-state index in [-0.39, 0.29) is 101 Å². The summed E-state index contributed by atoms with van der Waals surface area (Å²) >= 11 is 12.3. The summed E-state index contributed by atoms with van der Waals surface area (Å²) in [7, 11) is 1.46. The van der Waals surface area contributed by atoms with E-state index in [1.807, 2.05) is 139 Å². The second-order valence-electron chi connectivity index (χ2n) is 37.7. The number of rotatable bonds is 38. The number of nitro groups is 1. The van der Waals surface area contributed by atoms with Gasteiger partial charge in [-0.15, -0.1) is 0 Å². The molecule has 5 amide bonds. The van der Waals surface area contributed by atoms with Gasteiger partial charge in [0.1, 0.15) is 11.9 Å². The third kappa shape index (κ3) is 40.4. The van der Waals surface area contributed by atoms with Crippen molar-refractivity contribution in [3.05, 3.63) is 146 Å². The number of anilines is 5. The number of amides is 5. The summed E-state index contributed by atoms with van der Waals surface area (Å²) in [6.45, 7) is 25.9.